The van der Waals surface area contributed by atoms with Crippen molar-refractivity contribution in [3.8, 4) is 10.4 Å². The summed E-state index contributed by atoms with van der Waals surface area (Å²) in [5.74, 6) is -4.84. The van der Waals surface area contributed by atoms with Gasteiger partial charge in [-0.3, -0.25) is 19.3 Å². The summed E-state index contributed by atoms with van der Waals surface area (Å²) in [6.45, 7) is 7.60. The van der Waals surface area contributed by atoms with Crippen LogP contribution in [0.3, 0.4) is 0 Å². The molecule has 4 aliphatic heterocycles. The fourth-order valence-electron chi connectivity index (χ4n) is 8.53. The fraction of sp³-hybridized carbons (Fsp3) is 0.405. The van der Waals surface area contributed by atoms with E-state index in [9.17, 15) is 18.8 Å². The summed E-state index contributed by atoms with van der Waals surface area (Å²) in [5.41, 5.74) is -0.995. The Labute approximate surface area is 326 Å². The zero-order chi connectivity index (χ0) is 39.6. The predicted molar refractivity (Wildman–Crippen MR) is 207 cm³/mol. The van der Waals surface area contributed by atoms with Gasteiger partial charge in [-0.05, 0) is 81.8 Å². The number of carbonyl (C=O) groups excluding carboxylic acids is 3. The van der Waals surface area contributed by atoms with Crippen molar-refractivity contribution in [3.63, 3.8) is 0 Å². The lowest BCUT2D eigenvalue weighted by atomic mass is 9.71. The van der Waals surface area contributed by atoms with Crippen LogP contribution in [0.5, 0.6) is 0 Å². The van der Waals surface area contributed by atoms with Crippen LogP contribution in [0.4, 0.5) is 28.9 Å². The molecule has 9 nitrogen and oxygen atoms in total. The van der Waals surface area contributed by atoms with Crippen LogP contribution >= 0.6 is 11.3 Å². The van der Waals surface area contributed by atoms with E-state index in [0.717, 1.165) is 57.4 Å². The first-order valence-electron chi connectivity index (χ1n) is 18.9. The van der Waals surface area contributed by atoms with Gasteiger partial charge in [0.2, 0.25) is 0 Å². The zero-order valence-corrected chi connectivity index (χ0v) is 32.1. The Morgan fingerprint density at radius 2 is 1.70 bits per heavy atom. The smallest absolute Gasteiger partial charge is 0.268 e. The van der Waals surface area contributed by atoms with Crippen molar-refractivity contribution in [2.75, 3.05) is 43.1 Å². The number of benzene rings is 2. The molecule has 294 valence electrons. The normalized spacial score (nSPS) is 27.0. The van der Waals surface area contributed by atoms with E-state index in [1.165, 1.54) is 6.92 Å². The summed E-state index contributed by atoms with van der Waals surface area (Å²) >= 11 is 0.830. The number of hydrogen-bond donors (Lipinski definition) is 3. The number of rotatable bonds is 6. The highest BCUT2D eigenvalue weighted by Gasteiger charge is 2.52. The lowest BCUT2D eigenvalue weighted by Crippen LogP contribution is -2.70. The van der Waals surface area contributed by atoms with Gasteiger partial charge in [0.25, 0.3) is 17.7 Å². The molecule has 56 heavy (non-hydrogen) atoms. The molecule has 4 atom stereocenters. The zero-order valence-electron chi connectivity index (χ0n) is 31.3. The first-order chi connectivity index (χ1) is 26.7. The standard InChI is InChI=1S/C42H43F4N5O4S/c1-24-30(43)21-40(2,46)36(32(24)44)49-38(53)35-33(45)28-14-18-51(31-9-5-4-7-27(31)34(28)56-35)39(54)25-10-12-26(13-11-25)48-37(52)29-8-6-17-47-41(29,3)50-22-42(23-50)15-19-55-20-16-42/h4-13,17,24,30,47H,14-16,18-23H2,1-3H3,(H,48,52)(H,49,53). The van der Waals surface area contributed by atoms with Crippen molar-refractivity contribution < 1.29 is 36.7 Å². The molecule has 1 spiro atoms. The number of allylic oxidation sites excluding steroid dienone is 4. The topological polar surface area (TPSA) is 103 Å². The minimum Gasteiger partial charge on any atom is -0.381 e. The van der Waals surface area contributed by atoms with E-state index in [1.54, 1.807) is 53.4 Å². The number of carbonyl (C=O) groups is 3. The molecular weight excluding hydrogens is 747 g/mol. The Balaban J connectivity index is 0.979. The number of anilines is 2. The third-order valence-corrected chi connectivity index (χ3v) is 13.3. The molecule has 4 unspecified atom stereocenters. The Morgan fingerprint density at radius 1 is 0.982 bits per heavy atom. The summed E-state index contributed by atoms with van der Waals surface area (Å²) in [6.07, 6.45) is 5.15. The van der Waals surface area contributed by atoms with Gasteiger partial charge in [-0.1, -0.05) is 25.1 Å². The number of para-hydroxylation sites is 1. The third kappa shape index (κ3) is 6.54. The number of halogens is 4. The van der Waals surface area contributed by atoms with Crippen LogP contribution in [0.2, 0.25) is 0 Å². The second kappa shape index (κ2) is 14.3. The number of nitrogens with one attached hydrogen (secondary N) is 3. The Morgan fingerprint density at radius 3 is 2.43 bits per heavy atom. The van der Waals surface area contributed by atoms with Gasteiger partial charge in [-0.25, -0.2) is 17.6 Å². The maximum absolute atomic E-state index is 16.1. The van der Waals surface area contributed by atoms with Gasteiger partial charge in [0, 0.05) is 77.9 Å². The van der Waals surface area contributed by atoms with Crippen molar-refractivity contribution in [1.82, 2.24) is 15.5 Å². The molecule has 8 rings (SSSR count). The van der Waals surface area contributed by atoms with Gasteiger partial charge >= 0.3 is 0 Å². The SMILES string of the molecule is CC1C(F)=C(NC(=O)c2sc3c(c2F)CCN(C(=O)c2ccc(NC(=O)C4=CC=CNC4(C)N4CC5(CCOCC5)C4)cc2)c2ccccc2-3)C(C)(F)CC1F. The molecule has 14 heteroatoms. The van der Waals surface area contributed by atoms with E-state index < -0.39 is 53.1 Å². The Hall–Kier alpha value is -4.79. The Bertz CT molecular complexity index is 2190. The second-order valence-electron chi connectivity index (χ2n) is 15.8. The highest BCUT2D eigenvalue weighted by atomic mass is 32.1. The first kappa shape index (κ1) is 38.1. The number of dihydropyridines is 1. The number of thiophene rings is 1. The number of alkyl halides is 2. The van der Waals surface area contributed by atoms with Gasteiger partial charge in [-0.15, -0.1) is 11.3 Å². The predicted octanol–water partition coefficient (Wildman–Crippen LogP) is 7.58. The van der Waals surface area contributed by atoms with E-state index in [4.69, 9.17) is 4.74 Å². The average molecular weight is 790 g/mol. The molecule has 1 aliphatic carbocycles. The van der Waals surface area contributed by atoms with E-state index in [-0.39, 0.29) is 40.6 Å². The molecule has 5 aliphatic rings. The molecule has 3 N–H and O–H groups in total. The van der Waals surface area contributed by atoms with Crippen LogP contribution in [-0.4, -0.2) is 73.0 Å². The number of fused-ring (bicyclic) bond motifs is 3. The molecule has 0 saturated carbocycles. The van der Waals surface area contributed by atoms with Gasteiger partial charge in [0.15, 0.2) is 11.5 Å². The summed E-state index contributed by atoms with van der Waals surface area (Å²) < 4.78 is 66.2. The molecule has 0 bridgehead atoms. The monoisotopic (exact) mass is 789 g/mol. The van der Waals surface area contributed by atoms with Crippen LogP contribution in [0.15, 0.2) is 84.0 Å². The van der Waals surface area contributed by atoms with Crippen molar-refractivity contribution in [2.24, 2.45) is 11.3 Å². The molecule has 3 aromatic rings. The lowest BCUT2D eigenvalue weighted by molar-refractivity contribution is -0.127. The highest BCUT2D eigenvalue weighted by molar-refractivity contribution is 7.17. The van der Waals surface area contributed by atoms with Gasteiger partial charge in [0.1, 0.15) is 22.5 Å². The summed E-state index contributed by atoms with van der Waals surface area (Å²) in [7, 11) is 0. The van der Waals surface area contributed by atoms with Crippen LogP contribution < -0.4 is 20.9 Å². The second-order valence-corrected chi connectivity index (χ2v) is 16.8. The number of amides is 3. The molecule has 5 heterocycles. The maximum atomic E-state index is 16.1. The molecule has 0 radical (unpaired) electrons. The summed E-state index contributed by atoms with van der Waals surface area (Å²) in [4.78, 5) is 45.0. The van der Waals surface area contributed by atoms with Crippen molar-refractivity contribution in [3.05, 3.63) is 106 Å². The fourth-order valence-corrected chi connectivity index (χ4v) is 9.69. The maximum Gasteiger partial charge on any atom is 0.268 e. The minimum atomic E-state index is -2.49. The quantitative estimate of drug-likeness (QED) is 0.223. The van der Waals surface area contributed by atoms with Crippen molar-refractivity contribution >= 4 is 40.4 Å². The van der Waals surface area contributed by atoms with Crippen molar-refractivity contribution in [2.45, 2.75) is 64.0 Å². The summed E-state index contributed by atoms with van der Waals surface area (Å²) in [5, 5.41) is 8.61. The molecule has 2 fully saturated rings. The summed E-state index contributed by atoms with van der Waals surface area (Å²) in [6, 6.07) is 13.5. The van der Waals surface area contributed by atoms with E-state index in [0.29, 0.717) is 33.0 Å². The highest BCUT2D eigenvalue weighted by Crippen LogP contribution is 2.46. The van der Waals surface area contributed by atoms with Crippen LogP contribution in [0.1, 0.15) is 65.6 Å². The molecule has 2 saturated heterocycles. The number of hydrogen-bond acceptors (Lipinski definition) is 7. The molecular formula is C42H43F4N5O4S. The number of likely N-dealkylation sites (tertiary alicyclic amines) is 1. The van der Waals surface area contributed by atoms with E-state index in [2.05, 4.69) is 20.9 Å². The van der Waals surface area contributed by atoms with Crippen molar-refractivity contribution in [1.29, 1.82) is 0 Å². The van der Waals surface area contributed by atoms with Crippen LogP contribution in [-0.2, 0) is 16.0 Å². The van der Waals surface area contributed by atoms with Gasteiger partial charge in [-0.2, -0.15) is 0 Å². The lowest BCUT2D eigenvalue weighted by Gasteiger charge is -2.59. The minimum absolute atomic E-state index is 0.0558. The van der Waals surface area contributed by atoms with E-state index in [1.807, 2.05) is 25.3 Å². The third-order valence-electron chi connectivity index (χ3n) is 12.1. The number of ether oxygens (including phenoxy) is 1. The largest absolute Gasteiger partial charge is 0.381 e. The van der Waals surface area contributed by atoms with Crippen LogP contribution in [0.25, 0.3) is 10.4 Å². The number of nitrogens with zero attached hydrogens (tertiary/aromatic N) is 2. The average Bonchev–Trinajstić information content (AvgIpc) is 3.41. The molecule has 1 aromatic heterocycles. The van der Waals surface area contributed by atoms with Crippen LogP contribution in [0, 0.1) is 17.2 Å². The first-order valence-corrected chi connectivity index (χ1v) is 19.7. The van der Waals surface area contributed by atoms with Gasteiger partial charge in [0.05, 0.1) is 17.0 Å². The van der Waals surface area contributed by atoms with Gasteiger partial charge < -0.3 is 25.6 Å². The Kier molecular flexibility index (Phi) is 9.73. The molecule has 2 aromatic carbocycles. The van der Waals surface area contributed by atoms with E-state index >= 15 is 13.2 Å². The molecule has 3 amide bonds.